The van der Waals surface area contributed by atoms with Crippen LogP contribution in [0, 0.1) is 0 Å². The van der Waals surface area contributed by atoms with Crippen LogP contribution in [0.4, 0.5) is 5.69 Å². The van der Waals surface area contributed by atoms with Crippen LogP contribution >= 0.6 is 11.8 Å². The Morgan fingerprint density at radius 1 is 1.11 bits per heavy atom. The van der Waals surface area contributed by atoms with E-state index < -0.39 is 23.6 Å². The lowest BCUT2D eigenvalue weighted by atomic mass is 10.1. The van der Waals surface area contributed by atoms with Gasteiger partial charge < -0.3 is 19.5 Å². The second-order valence-electron chi connectivity index (χ2n) is 5.95. The number of Topliss-reactive ketones (excluding diaryl/α,β-unsaturated/α-hetero) is 1. The summed E-state index contributed by atoms with van der Waals surface area (Å²) in [4.78, 5) is 37.6. The zero-order valence-electron chi connectivity index (χ0n) is 15.4. The normalized spacial score (nSPS) is 15.2. The molecule has 0 spiro atoms. The van der Waals surface area contributed by atoms with Gasteiger partial charge in [-0.25, -0.2) is 0 Å². The van der Waals surface area contributed by atoms with Crippen molar-refractivity contribution < 1.29 is 28.6 Å². The van der Waals surface area contributed by atoms with Crippen molar-refractivity contribution >= 4 is 35.1 Å². The fourth-order valence-corrected chi connectivity index (χ4v) is 3.79. The summed E-state index contributed by atoms with van der Waals surface area (Å²) in [7, 11) is 2.95. The summed E-state index contributed by atoms with van der Waals surface area (Å²) in [6.45, 7) is -0.433. The van der Waals surface area contributed by atoms with Gasteiger partial charge in [-0.1, -0.05) is 12.1 Å². The van der Waals surface area contributed by atoms with E-state index in [1.807, 2.05) is 18.2 Å². The number of esters is 1. The summed E-state index contributed by atoms with van der Waals surface area (Å²) < 4.78 is 15.4. The number of carbonyl (C=O) groups excluding carboxylic acids is 3. The monoisotopic (exact) mass is 401 g/mol. The molecule has 1 aliphatic heterocycles. The predicted molar refractivity (Wildman–Crippen MR) is 104 cm³/mol. The highest BCUT2D eigenvalue weighted by molar-refractivity contribution is 8.01. The van der Waals surface area contributed by atoms with E-state index in [4.69, 9.17) is 14.2 Å². The minimum absolute atomic E-state index is 0.127. The number of ether oxygens (including phenoxy) is 3. The molecule has 2 aromatic rings. The molecular weight excluding hydrogens is 382 g/mol. The van der Waals surface area contributed by atoms with Crippen LogP contribution in [0.1, 0.15) is 16.8 Å². The quantitative estimate of drug-likeness (QED) is 0.563. The van der Waals surface area contributed by atoms with Gasteiger partial charge in [0.2, 0.25) is 11.7 Å². The van der Waals surface area contributed by atoms with Gasteiger partial charge in [-0.3, -0.25) is 14.4 Å². The van der Waals surface area contributed by atoms with E-state index >= 15 is 0 Å². The number of nitrogens with one attached hydrogen (secondary N) is 1. The lowest BCUT2D eigenvalue weighted by molar-refractivity contribution is -0.143. The first kappa shape index (κ1) is 19.8. The Morgan fingerprint density at radius 2 is 1.89 bits per heavy atom. The maximum absolute atomic E-state index is 12.4. The lowest BCUT2D eigenvalue weighted by Crippen LogP contribution is -2.31. The van der Waals surface area contributed by atoms with Gasteiger partial charge in [0.1, 0.15) is 11.5 Å². The van der Waals surface area contributed by atoms with Crippen LogP contribution in [0.5, 0.6) is 11.5 Å². The summed E-state index contributed by atoms with van der Waals surface area (Å²) in [6.07, 6.45) is -0.127. The number of ketones is 1. The van der Waals surface area contributed by atoms with Gasteiger partial charge in [0.05, 0.1) is 37.1 Å². The third kappa shape index (κ3) is 4.45. The molecule has 1 N–H and O–H groups in total. The smallest absolute Gasteiger partial charge is 0.307 e. The number of thioether (sulfide) groups is 1. The van der Waals surface area contributed by atoms with Gasteiger partial charge in [0.25, 0.3) is 0 Å². The number of rotatable bonds is 7. The van der Waals surface area contributed by atoms with E-state index in [9.17, 15) is 14.4 Å². The lowest BCUT2D eigenvalue weighted by Gasteiger charge is -2.23. The molecule has 0 saturated heterocycles. The van der Waals surface area contributed by atoms with Crippen molar-refractivity contribution in [1.82, 2.24) is 0 Å². The molecule has 1 atom stereocenters. The summed E-state index contributed by atoms with van der Waals surface area (Å²) in [5.74, 6) is -0.402. The molecular formula is C20H19NO6S. The zero-order chi connectivity index (χ0) is 20.1. The summed E-state index contributed by atoms with van der Waals surface area (Å²) in [5, 5.41) is 2.17. The minimum atomic E-state index is -0.618. The van der Waals surface area contributed by atoms with E-state index in [-0.39, 0.29) is 17.9 Å². The Hall–Kier alpha value is -3.00. The molecule has 0 aliphatic carbocycles. The first-order valence-electron chi connectivity index (χ1n) is 8.49. The molecule has 8 heteroatoms. The molecule has 2 aromatic carbocycles. The number of hydrogen-bond donors (Lipinski definition) is 1. The van der Waals surface area contributed by atoms with Crippen molar-refractivity contribution in [3.8, 4) is 11.5 Å². The molecule has 146 valence electrons. The molecule has 3 rings (SSSR count). The first-order valence-corrected chi connectivity index (χ1v) is 9.37. The minimum Gasteiger partial charge on any atom is -0.497 e. The highest BCUT2D eigenvalue weighted by Gasteiger charge is 2.29. The topological polar surface area (TPSA) is 90.9 Å². The van der Waals surface area contributed by atoms with Gasteiger partial charge in [-0.2, -0.15) is 0 Å². The molecule has 7 nitrogen and oxygen atoms in total. The van der Waals surface area contributed by atoms with Crippen LogP contribution in [0.15, 0.2) is 47.4 Å². The number of fused-ring (bicyclic) bond motifs is 1. The van der Waals surface area contributed by atoms with E-state index in [1.54, 1.807) is 24.3 Å². The Morgan fingerprint density at radius 3 is 2.64 bits per heavy atom. The standard InChI is InChI=1S/C20H19NO6S/c1-25-12-7-8-13(16(9-12)26-2)15(22)11-27-19(23)10-18-20(24)21-14-5-3-4-6-17(14)28-18/h3-9,18H,10-11H2,1-2H3,(H,21,24). The third-order valence-corrected chi connectivity index (χ3v) is 5.41. The molecule has 1 unspecified atom stereocenters. The van der Waals surface area contributed by atoms with Crippen LogP contribution in [0.3, 0.4) is 0 Å². The highest BCUT2D eigenvalue weighted by atomic mass is 32.2. The summed E-state index contributed by atoms with van der Waals surface area (Å²) in [6, 6.07) is 12.1. The van der Waals surface area contributed by atoms with Crippen molar-refractivity contribution in [3.63, 3.8) is 0 Å². The molecule has 0 aromatic heterocycles. The van der Waals surface area contributed by atoms with Crippen LogP contribution < -0.4 is 14.8 Å². The summed E-state index contributed by atoms with van der Waals surface area (Å²) in [5.41, 5.74) is 1.01. The molecule has 1 amide bonds. The Bertz CT molecular complexity index is 913. The van der Waals surface area contributed by atoms with E-state index in [1.165, 1.54) is 26.0 Å². The number of hydrogen-bond acceptors (Lipinski definition) is 7. The van der Waals surface area contributed by atoms with Gasteiger partial charge in [-0.15, -0.1) is 11.8 Å². The fourth-order valence-electron chi connectivity index (χ4n) is 2.69. The predicted octanol–water partition coefficient (Wildman–Crippen LogP) is 2.93. The first-order chi connectivity index (χ1) is 13.5. The number of para-hydroxylation sites is 1. The Labute approximate surface area is 166 Å². The molecule has 1 aliphatic rings. The summed E-state index contributed by atoms with van der Waals surface area (Å²) >= 11 is 1.30. The Balaban J connectivity index is 1.57. The van der Waals surface area contributed by atoms with E-state index in [0.717, 1.165) is 10.6 Å². The van der Waals surface area contributed by atoms with Crippen molar-refractivity contribution in [3.05, 3.63) is 48.0 Å². The molecule has 0 saturated carbocycles. The number of anilines is 1. The maximum atomic E-state index is 12.4. The highest BCUT2D eigenvalue weighted by Crippen LogP contribution is 2.36. The van der Waals surface area contributed by atoms with Gasteiger partial charge in [-0.05, 0) is 24.3 Å². The molecule has 0 bridgehead atoms. The van der Waals surface area contributed by atoms with Crippen LogP contribution in [0.2, 0.25) is 0 Å². The van der Waals surface area contributed by atoms with E-state index in [0.29, 0.717) is 11.5 Å². The SMILES string of the molecule is COc1ccc(C(=O)COC(=O)CC2Sc3ccccc3NC2=O)c(OC)c1. The number of benzene rings is 2. The maximum Gasteiger partial charge on any atom is 0.307 e. The second-order valence-corrected chi connectivity index (χ2v) is 7.19. The Kier molecular flexibility index (Phi) is 6.20. The van der Waals surface area contributed by atoms with Crippen LogP contribution in [-0.2, 0) is 14.3 Å². The number of carbonyl (C=O) groups is 3. The van der Waals surface area contributed by atoms with Crippen LogP contribution in [0.25, 0.3) is 0 Å². The van der Waals surface area contributed by atoms with Gasteiger partial charge >= 0.3 is 5.97 Å². The van der Waals surface area contributed by atoms with Crippen molar-refractivity contribution in [2.75, 3.05) is 26.1 Å². The average Bonchev–Trinajstić information content (AvgIpc) is 2.72. The van der Waals surface area contributed by atoms with Crippen molar-refractivity contribution in [1.29, 1.82) is 0 Å². The van der Waals surface area contributed by atoms with Crippen molar-refractivity contribution in [2.45, 2.75) is 16.6 Å². The molecule has 0 radical (unpaired) electrons. The third-order valence-electron chi connectivity index (χ3n) is 4.13. The van der Waals surface area contributed by atoms with Gasteiger partial charge in [0, 0.05) is 11.0 Å². The van der Waals surface area contributed by atoms with Crippen LogP contribution in [-0.4, -0.2) is 43.7 Å². The molecule has 0 fully saturated rings. The van der Waals surface area contributed by atoms with Gasteiger partial charge in [0.15, 0.2) is 6.61 Å². The molecule has 28 heavy (non-hydrogen) atoms. The largest absolute Gasteiger partial charge is 0.497 e. The second kappa shape index (κ2) is 8.79. The number of amides is 1. The molecule has 1 heterocycles. The zero-order valence-corrected chi connectivity index (χ0v) is 16.2. The van der Waals surface area contributed by atoms with Crippen molar-refractivity contribution in [2.24, 2.45) is 0 Å². The number of methoxy groups -OCH3 is 2. The average molecular weight is 401 g/mol. The fraction of sp³-hybridized carbons (Fsp3) is 0.250. The van der Waals surface area contributed by atoms with E-state index in [2.05, 4.69) is 5.32 Å².